The third-order valence-electron chi connectivity index (χ3n) is 5.84. The summed E-state index contributed by atoms with van der Waals surface area (Å²) in [6.07, 6.45) is 9.90. The fourth-order valence-corrected chi connectivity index (χ4v) is 4.16. The van der Waals surface area contributed by atoms with Crippen molar-refractivity contribution in [3.05, 3.63) is 42.5 Å². The molecule has 4 rings (SSSR count). The summed E-state index contributed by atoms with van der Waals surface area (Å²) in [5.74, 6) is -0.0520. The summed E-state index contributed by atoms with van der Waals surface area (Å²) in [6, 6.07) is 6.05. The number of hydrogen-bond acceptors (Lipinski definition) is 5. The van der Waals surface area contributed by atoms with Gasteiger partial charge < -0.3 is 24.6 Å². The van der Waals surface area contributed by atoms with Crippen LogP contribution in [0.1, 0.15) is 42.5 Å². The summed E-state index contributed by atoms with van der Waals surface area (Å²) in [4.78, 5) is 19.2. The number of nitrogens with zero attached hydrogens (tertiary/aromatic N) is 3. The normalized spacial score (nSPS) is 25.1. The highest BCUT2D eigenvalue weighted by Crippen LogP contribution is 2.26. The Kier molecular flexibility index (Phi) is 5.64. The van der Waals surface area contributed by atoms with Crippen molar-refractivity contribution in [3.8, 4) is 5.69 Å². The van der Waals surface area contributed by atoms with E-state index in [-0.39, 0.29) is 18.1 Å². The number of carbonyl (C=O) groups is 1. The van der Waals surface area contributed by atoms with Crippen LogP contribution in [0.5, 0.6) is 0 Å². The molecule has 1 aromatic carbocycles. The van der Waals surface area contributed by atoms with E-state index in [2.05, 4.69) is 15.2 Å². The molecule has 0 unspecified atom stereocenters. The van der Waals surface area contributed by atoms with Crippen LogP contribution >= 0.6 is 0 Å². The lowest BCUT2D eigenvalue weighted by molar-refractivity contribution is 0.0599. The molecule has 2 heterocycles. The molecule has 0 radical (unpaired) electrons. The number of aliphatic hydroxyl groups excluding tert-OH is 1. The predicted octanol–water partition coefficient (Wildman–Crippen LogP) is 2.13. The van der Waals surface area contributed by atoms with Gasteiger partial charge in [0.1, 0.15) is 0 Å². The lowest BCUT2D eigenvalue weighted by atomic mass is 9.92. The number of amides is 1. The van der Waals surface area contributed by atoms with Crippen LogP contribution in [0.2, 0.25) is 0 Å². The van der Waals surface area contributed by atoms with Crippen molar-refractivity contribution in [1.82, 2.24) is 14.9 Å². The highest BCUT2D eigenvalue weighted by atomic mass is 16.5. The lowest BCUT2D eigenvalue weighted by Gasteiger charge is -2.28. The number of carbonyl (C=O) groups excluding carboxylic acids is 1. The van der Waals surface area contributed by atoms with Crippen molar-refractivity contribution in [2.24, 2.45) is 0 Å². The summed E-state index contributed by atoms with van der Waals surface area (Å²) in [5.41, 5.74) is 2.48. The SMILES string of the molecule is COC1CCC(NC(=O)c2cc(N3CC[C@H](O)C3)cc(-n3ccnc3)c2)CC1. The van der Waals surface area contributed by atoms with Crippen LogP contribution in [0.25, 0.3) is 5.69 Å². The topological polar surface area (TPSA) is 79.6 Å². The monoisotopic (exact) mass is 384 g/mol. The molecular weight excluding hydrogens is 356 g/mol. The number of nitrogens with one attached hydrogen (secondary N) is 1. The van der Waals surface area contributed by atoms with Gasteiger partial charge in [-0.3, -0.25) is 4.79 Å². The van der Waals surface area contributed by atoms with Crippen LogP contribution in [-0.2, 0) is 4.74 Å². The van der Waals surface area contributed by atoms with Gasteiger partial charge in [0.15, 0.2) is 0 Å². The first-order valence-electron chi connectivity index (χ1n) is 10.0. The number of ether oxygens (including phenoxy) is 1. The van der Waals surface area contributed by atoms with E-state index in [1.165, 1.54) is 0 Å². The van der Waals surface area contributed by atoms with E-state index >= 15 is 0 Å². The maximum atomic E-state index is 13.0. The third kappa shape index (κ3) is 4.20. The van der Waals surface area contributed by atoms with Gasteiger partial charge in [-0.15, -0.1) is 0 Å². The third-order valence-corrected chi connectivity index (χ3v) is 5.84. The Morgan fingerprint density at radius 2 is 1.96 bits per heavy atom. The zero-order valence-electron chi connectivity index (χ0n) is 16.3. The van der Waals surface area contributed by atoms with Gasteiger partial charge >= 0.3 is 0 Å². The van der Waals surface area contributed by atoms with Crippen molar-refractivity contribution in [3.63, 3.8) is 0 Å². The molecule has 1 amide bonds. The number of hydrogen-bond donors (Lipinski definition) is 2. The molecule has 1 saturated carbocycles. The van der Waals surface area contributed by atoms with E-state index in [0.29, 0.717) is 18.2 Å². The molecule has 1 atom stereocenters. The molecule has 2 aliphatic rings. The molecule has 7 nitrogen and oxygen atoms in total. The number of imidazole rings is 1. The molecule has 2 aromatic rings. The number of rotatable bonds is 5. The number of aromatic nitrogens is 2. The maximum absolute atomic E-state index is 13.0. The molecule has 1 saturated heterocycles. The second kappa shape index (κ2) is 8.32. The number of methoxy groups -OCH3 is 1. The Morgan fingerprint density at radius 1 is 1.18 bits per heavy atom. The summed E-state index contributed by atoms with van der Waals surface area (Å²) in [5, 5.41) is 13.1. The molecule has 1 aromatic heterocycles. The molecule has 150 valence electrons. The first-order valence-corrected chi connectivity index (χ1v) is 10.0. The van der Waals surface area contributed by atoms with Gasteiger partial charge in [0.2, 0.25) is 0 Å². The highest BCUT2D eigenvalue weighted by molar-refractivity contribution is 5.96. The Hall–Kier alpha value is -2.38. The molecule has 2 fully saturated rings. The smallest absolute Gasteiger partial charge is 0.251 e. The van der Waals surface area contributed by atoms with Crippen LogP contribution in [0.3, 0.4) is 0 Å². The van der Waals surface area contributed by atoms with Gasteiger partial charge in [-0.25, -0.2) is 4.98 Å². The fraction of sp³-hybridized carbons (Fsp3) is 0.524. The highest BCUT2D eigenvalue weighted by Gasteiger charge is 2.25. The maximum Gasteiger partial charge on any atom is 0.251 e. The van der Waals surface area contributed by atoms with E-state index < -0.39 is 0 Å². The number of anilines is 1. The van der Waals surface area contributed by atoms with Gasteiger partial charge in [0.05, 0.1) is 18.5 Å². The minimum absolute atomic E-state index is 0.0520. The molecule has 7 heteroatoms. The number of aliphatic hydroxyl groups is 1. The predicted molar refractivity (Wildman–Crippen MR) is 107 cm³/mol. The van der Waals surface area contributed by atoms with Crippen molar-refractivity contribution in [2.45, 2.75) is 50.4 Å². The Labute approximate surface area is 165 Å². The largest absolute Gasteiger partial charge is 0.391 e. The van der Waals surface area contributed by atoms with E-state index in [0.717, 1.165) is 50.0 Å². The zero-order chi connectivity index (χ0) is 19.5. The Bertz CT molecular complexity index is 800. The van der Waals surface area contributed by atoms with Crippen LogP contribution in [-0.4, -0.2) is 59.0 Å². The van der Waals surface area contributed by atoms with E-state index in [1.54, 1.807) is 19.6 Å². The molecule has 2 N–H and O–H groups in total. The average molecular weight is 384 g/mol. The summed E-state index contributed by atoms with van der Waals surface area (Å²) < 4.78 is 7.32. The quantitative estimate of drug-likeness (QED) is 0.826. The van der Waals surface area contributed by atoms with E-state index in [4.69, 9.17) is 4.74 Å². The van der Waals surface area contributed by atoms with E-state index in [1.807, 2.05) is 29.0 Å². The minimum Gasteiger partial charge on any atom is -0.391 e. The van der Waals surface area contributed by atoms with E-state index in [9.17, 15) is 9.90 Å². The van der Waals surface area contributed by atoms with Crippen molar-refractivity contribution in [1.29, 1.82) is 0 Å². The fourth-order valence-electron chi connectivity index (χ4n) is 4.16. The number of β-amino-alcohol motifs (C(OH)–C–C–N with tert-alkyl or cyclic N) is 1. The van der Waals surface area contributed by atoms with Crippen LogP contribution in [0, 0.1) is 0 Å². The standard InChI is InChI=1S/C21H28N4O3/c1-28-20-4-2-16(3-5-20)23-21(27)15-10-17(24-8-6-19(26)13-24)12-18(11-15)25-9-7-22-14-25/h7,9-12,14,16,19-20,26H,2-6,8,13H2,1H3,(H,23,27)/t16?,19-,20?/m0/s1. The number of benzene rings is 1. The van der Waals surface area contributed by atoms with Crippen LogP contribution in [0.4, 0.5) is 5.69 Å². The van der Waals surface area contributed by atoms with Crippen LogP contribution in [0.15, 0.2) is 36.9 Å². The van der Waals surface area contributed by atoms with Crippen LogP contribution < -0.4 is 10.2 Å². The Balaban J connectivity index is 1.55. The summed E-state index contributed by atoms with van der Waals surface area (Å²) >= 11 is 0. The van der Waals surface area contributed by atoms with Crippen molar-refractivity contribution in [2.75, 3.05) is 25.1 Å². The molecule has 28 heavy (non-hydrogen) atoms. The molecule has 1 aliphatic heterocycles. The van der Waals surface area contributed by atoms with Crippen molar-refractivity contribution >= 4 is 11.6 Å². The molecular formula is C21H28N4O3. The van der Waals surface area contributed by atoms with Gasteiger partial charge in [-0.05, 0) is 50.3 Å². The lowest BCUT2D eigenvalue weighted by Crippen LogP contribution is -2.39. The average Bonchev–Trinajstić information content (AvgIpc) is 3.40. The van der Waals surface area contributed by atoms with Gasteiger partial charge in [-0.2, -0.15) is 0 Å². The molecule has 0 spiro atoms. The van der Waals surface area contributed by atoms with Gasteiger partial charge in [0, 0.05) is 55.6 Å². The minimum atomic E-state index is -0.315. The summed E-state index contributed by atoms with van der Waals surface area (Å²) in [7, 11) is 1.75. The zero-order valence-corrected chi connectivity index (χ0v) is 16.3. The Morgan fingerprint density at radius 3 is 2.61 bits per heavy atom. The first kappa shape index (κ1) is 19.0. The van der Waals surface area contributed by atoms with Gasteiger partial charge in [-0.1, -0.05) is 0 Å². The van der Waals surface area contributed by atoms with Gasteiger partial charge in [0.25, 0.3) is 5.91 Å². The molecule has 1 aliphatic carbocycles. The van der Waals surface area contributed by atoms with Crippen molar-refractivity contribution < 1.29 is 14.6 Å². The first-order chi connectivity index (χ1) is 13.6. The second-order valence-electron chi connectivity index (χ2n) is 7.78. The second-order valence-corrected chi connectivity index (χ2v) is 7.78. The molecule has 0 bridgehead atoms. The summed E-state index contributed by atoms with van der Waals surface area (Å²) in [6.45, 7) is 1.38.